The van der Waals surface area contributed by atoms with Gasteiger partial charge in [0.1, 0.15) is 5.78 Å². The zero-order valence-electron chi connectivity index (χ0n) is 9.83. The van der Waals surface area contributed by atoms with Crippen molar-refractivity contribution in [1.82, 2.24) is 0 Å². The second-order valence-electron chi connectivity index (χ2n) is 3.79. The first kappa shape index (κ1) is 14.6. The van der Waals surface area contributed by atoms with Crippen LogP contribution in [0.25, 0.3) is 0 Å². The third-order valence-electron chi connectivity index (χ3n) is 2.29. The van der Waals surface area contributed by atoms with Gasteiger partial charge in [-0.1, -0.05) is 19.8 Å². The molecule has 0 aromatic heterocycles. The van der Waals surface area contributed by atoms with Crippen LogP contribution in [0.15, 0.2) is 0 Å². The molecule has 1 aliphatic rings. The highest BCUT2D eigenvalue weighted by Crippen LogP contribution is 2.12. The number of Topliss-reactive ketones (excluding diaryl/α,β-unsaturated/α-hetero) is 1. The minimum Gasteiger partial charge on any atom is -0.394 e. The van der Waals surface area contributed by atoms with Gasteiger partial charge in [0.25, 0.3) is 0 Å². The molecule has 15 heavy (non-hydrogen) atoms. The number of hydrogen-bond acceptors (Lipinski definition) is 3. The summed E-state index contributed by atoms with van der Waals surface area (Å²) < 4.78 is 4.97. The van der Waals surface area contributed by atoms with Crippen molar-refractivity contribution in [2.45, 2.75) is 51.9 Å². The molecule has 0 saturated heterocycles. The molecule has 1 aliphatic carbocycles. The number of rotatable bonds is 5. The highest BCUT2D eigenvalue weighted by molar-refractivity contribution is 5.78. The Morgan fingerprint density at radius 1 is 1.20 bits per heavy atom. The normalized spacial score (nSPS) is 15.7. The summed E-state index contributed by atoms with van der Waals surface area (Å²) in [6.07, 6.45) is 7.49. The summed E-state index contributed by atoms with van der Waals surface area (Å²) in [5.74, 6) is 0.464. The number of ketones is 1. The fourth-order valence-corrected chi connectivity index (χ4v) is 1.36. The molecule has 0 aliphatic heterocycles. The minimum absolute atomic E-state index is 0.143. The van der Waals surface area contributed by atoms with E-state index in [9.17, 15) is 4.79 Å². The van der Waals surface area contributed by atoms with Crippen LogP contribution >= 0.6 is 0 Å². The third kappa shape index (κ3) is 11.5. The highest BCUT2D eigenvalue weighted by atomic mass is 16.5. The number of hydrogen-bond donors (Lipinski definition) is 1. The Labute approximate surface area is 92.8 Å². The van der Waals surface area contributed by atoms with Crippen LogP contribution in [0.1, 0.15) is 51.9 Å². The van der Waals surface area contributed by atoms with Crippen LogP contribution in [-0.2, 0) is 9.53 Å². The SMILES string of the molecule is CCCCOCCO.O=C1CCCCC1. The van der Waals surface area contributed by atoms with Gasteiger partial charge in [-0.15, -0.1) is 0 Å². The summed E-state index contributed by atoms with van der Waals surface area (Å²) in [5.41, 5.74) is 0. The van der Waals surface area contributed by atoms with E-state index in [0.29, 0.717) is 12.4 Å². The van der Waals surface area contributed by atoms with Crippen molar-refractivity contribution in [3.05, 3.63) is 0 Å². The maximum Gasteiger partial charge on any atom is 0.132 e. The first-order valence-electron chi connectivity index (χ1n) is 6.01. The molecular weight excluding hydrogens is 192 g/mol. The quantitative estimate of drug-likeness (QED) is 0.717. The van der Waals surface area contributed by atoms with Crippen LogP contribution < -0.4 is 0 Å². The largest absolute Gasteiger partial charge is 0.394 e. The van der Waals surface area contributed by atoms with Crippen LogP contribution in [0.2, 0.25) is 0 Å². The molecule has 1 rings (SSSR count). The standard InChI is InChI=1S/C6H14O2.C6H10O/c1-2-3-5-8-6-4-7;7-6-4-2-1-3-5-6/h7H,2-6H2,1H3;1-5H2. The lowest BCUT2D eigenvalue weighted by Gasteiger charge is -2.05. The van der Waals surface area contributed by atoms with E-state index in [0.717, 1.165) is 45.1 Å². The van der Waals surface area contributed by atoms with Crippen LogP contribution in [0.3, 0.4) is 0 Å². The van der Waals surface area contributed by atoms with Gasteiger partial charge in [0.05, 0.1) is 13.2 Å². The molecule has 0 amide bonds. The molecule has 0 atom stereocenters. The van der Waals surface area contributed by atoms with Gasteiger partial charge < -0.3 is 9.84 Å². The zero-order chi connectivity index (χ0) is 11.4. The van der Waals surface area contributed by atoms with Gasteiger partial charge in [0.15, 0.2) is 0 Å². The summed E-state index contributed by atoms with van der Waals surface area (Å²) in [6.45, 7) is 3.53. The van der Waals surface area contributed by atoms with Gasteiger partial charge in [0, 0.05) is 19.4 Å². The average molecular weight is 216 g/mol. The van der Waals surface area contributed by atoms with E-state index in [1.165, 1.54) is 6.42 Å². The second kappa shape index (κ2) is 11.7. The van der Waals surface area contributed by atoms with Crippen molar-refractivity contribution < 1.29 is 14.6 Å². The molecule has 90 valence electrons. The number of aliphatic hydroxyl groups excluding tert-OH is 1. The molecule has 0 aromatic rings. The Bertz CT molecular complexity index is 132. The number of carbonyl (C=O) groups is 1. The summed E-state index contributed by atoms with van der Waals surface area (Å²) in [7, 11) is 0. The van der Waals surface area contributed by atoms with E-state index >= 15 is 0 Å². The molecule has 0 unspecified atom stereocenters. The van der Waals surface area contributed by atoms with E-state index in [2.05, 4.69) is 6.92 Å². The van der Waals surface area contributed by atoms with Crippen LogP contribution in [0.4, 0.5) is 0 Å². The first-order chi connectivity index (χ1) is 7.31. The molecule has 0 spiro atoms. The Balaban J connectivity index is 0.000000262. The van der Waals surface area contributed by atoms with E-state index in [1.54, 1.807) is 0 Å². The predicted octanol–water partition coefficient (Wildman–Crippen LogP) is 2.32. The number of aliphatic hydroxyl groups is 1. The molecule has 3 nitrogen and oxygen atoms in total. The van der Waals surface area contributed by atoms with Gasteiger partial charge >= 0.3 is 0 Å². The molecular formula is C12H24O3. The molecule has 1 saturated carbocycles. The third-order valence-corrected chi connectivity index (χ3v) is 2.29. The Morgan fingerprint density at radius 3 is 2.27 bits per heavy atom. The van der Waals surface area contributed by atoms with Crippen molar-refractivity contribution >= 4 is 5.78 Å². The predicted molar refractivity (Wildman–Crippen MR) is 60.9 cm³/mol. The molecule has 3 heteroatoms. The van der Waals surface area contributed by atoms with E-state index < -0.39 is 0 Å². The van der Waals surface area contributed by atoms with Crippen molar-refractivity contribution in [2.24, 2.45) is 0 Å². The Morgan fingerprint density at radius 2 is 1.87 bits per heavy atom. The minimum atomic E-state index is 0.143. The van der Waals surface area contributed by atoms with Crippen molar-refractivity contribution in [2.75, 3.05) is 19.8 Å². The van der Waals surface area contributed by atoms with Crippen molar-refractivity contribution in [3.63, 3.8) is 0 Å². The van der Waals surface area contributed by atoms with Crippen LogP contribution in [0.5, 0.6) is 0 Å². The van der Waals surface area contributed by atoms with Crippen LogP contribution in [0, 0.1) is 0 Å². The monoisotopic (exact) mass is 216 g/mol. The Kier molecular flexibility index (Phi) is 11.3. The molecule has 0 radical (unpaired) electrons. The van der Waals surface area contributed by atoms with Gasteiger partial charge in [-0.05, 0) is 19.3 Å². The topological polar surface area (TPSA) is 46.5 Å². The fourth-order valence-electron chi connectivity index (χ4n) is 1.36. The van der Waals surface area contributed by atoms with Gasteiger partial charge in [0.2, 0.25) is 0 Å². The van der Waals surface area contributed by atoms with E-state index in [-0.39, 0.29) is 6.61 Å². The number of carbonyl (C=O) groups excluding carboxylic acids is 1. The summed E-state index contributed by atoms with van der Waals surface area (Å²) >= 11 is 0. The maximum absolute atomic E-state index is 10.5. The summed E-state index contributed by atoms with van der Waals surface area (Å²) in [6, 6.07) is 0. The summed E-state index contributed by atoms with van der Waals surface area (Å²) in [4.78, 5) is 10.5. The maximum atomic E-state index is 10.5. The lowest BCUT2D eigenvalue weighted by atomic mass is 10.00. The number of ether oxygens (including phenoxy) is 1. The molecule has 0 bridgehead atoms. The fraction of sp³-hybridized carbons (Fsp3) is 0.917. The average Bonchev–Trinajstić information content (AvgIpc) is 2.27. The van der Waals surface area contributed by atoms with Gasteiger partial charge in [-0.2, -0.15) is 0 Å². The lowest BCUT2D eigenvalue weighted by molar-refractivity contribution is -0.120. The molecule has 0 heterocycles. The van der Waals surface area contributed by atoms with Crippen molar-refractivity contribution in [3.8, 4) is 0 Å². The van der Waals surface area contributed by atoms with Crippen LogP contribution in [-0.4, -0.2) is 30.7 Å². The smallest absolute Gasteiger partial charge is 0.132 e. The molecule has 1 N–H and O–H groups in total. The number of unbranched alkanes of at least 4 members (excludes halogenated alkanes) is 1. The zero-order valence-corrected chi connectivity index (χ0v) is 9.83. The summed E-state index contributed by atoms with van der Waals surface area (Å²) in [5, 5.41) is 8.24. The molecule has 0 aromatic carbocycles. The second-order valence-corrected chi connectivity index (χ2v) is 3.79. The van der Waals surface area contributed by atoms with E-state index in [1.807, 2.05) is 0 Å². The Hall–Kier alpha value is -0.410. The van der Waals surface area contributed by atoms with Gasteiger partial charge in [-0.3, -0.25) is 4.79 Å². The van der Waals surface area contributed by atoms with Crippen molar-refractivity contribution in [1.29, 1.82) is 0 Å². The highest BCUT2D eigenvalue weighted by Gasteiger charge is 2.05. The lowest BCUT2D eigenvalue weighted by Crippen LogP contribution is -2.02. The van der Waals surface area contributed by atoms with Gasteiger partial charge in [-0.25, -0.2) is 0 Å². The van der Waals surface area contributed by atoms with E-state index in [4.69, 9.17) is 9.84 Å². The first-order valence-corrected chi connectivity index (χ1v) is 6.01. The molecule has 1 fully saturated rings.